The van der Waals surface area contributed by atoms with Crippen molar-refractivity contribution in [3.63, 3.8) is 0 Å². The number of hydrogen-bond donors (Lipinski definition) is 0. The quantitative estimate of drug-likeness (QED) is 0.303. The molecule has 0 saturated heterocycles. The van der Waals surface area contributed by atoms with Crippen molar-refractivity contribution in [2.45, 2.75) is 6.92 Å². The zero-order valence-electron chi connectivity index (χ0n) is 16.1. The van der Waals surface area contributed by atoms with Gasteiger partial charge < -0.3 is 0 Å². The van der Waals surface area contributed by atoms with E-state index in [2.05, 4.69) is 23.7 Å². The van der Waals surface area contributed by atoms with Crippen LogP contribution in [0.2, 0.25) is 0 Å². The van der Waals surface area contributed by atoms with E-state index < -0.39 is 11.6 Å². The van der Waals surface area contributed by atoms with Gasteiger partial charge in [-0.15, -0.1) is 0 Å². The number of rotatable bonds is 0. The van der Waals surface area contributed by atoms with Crippen LogP contribution in [0.1, 0.15) is 27.8 Å². The fourth-order valence-corrected chi connectivity index (χ4v) is 2.97. The minimum absolute atomic E-state index is 0.240. The lowest BCUT2D eigenvalue weighted by Crippen LogP contribution is -1.92. The minimum Gasteiger partial charge on any atom is -0.207 e. The molecule has 0 fully saturated rings. The lowest BCUT2D eigenvalue weighted by Gasteiger charge is -2.00. The second-order valence-electron chi connectivity index (χ2n) is 6.89. The van der Waals surface area contributed by atoms with Crippen LogP contribution in [0.4, 0.5) is 13.2 Å². The number of benzene rings is 4. The number of fused-ring (bicyclic) bond motifs is 1. The van der Waals surface area contributed by atoms with E-state index in [4.69, 9.17) is 0 Å². The Morgan fingerprint density at radius 2 is 1.10 bits per heavy atom. The first-order valence-corrected chi connectivity index (χ1v) is 9.27. The second-order valence-corrected chi connectivity index (χ2v) is 6.89. The Labute approximate surface area is 173 Å². The standard InChI is InChI=1S/C27H15F3/c1-18-2-4-19(5-3-18)6-7-21-15-26(29)25(27(30)16-21)13-9-20-8-10-23-17-24(28)12-11-22(23)14-20/h2-5,8,10-12,14-17H,1H3. The molecule has 0 heterocycles. The molecule has 0 aliphatic heterocycles. The van der Waals surface area contributed by atoms with Gasteiger partial charge in [0, 0.05) is 16.7 Å². The first-order valence-electron chi connectivity index (χ1n) is 9.27. The predicted molar refractivity (Wildman–Crippen MR) is 113 cm³/mol. The van der Waals surface area contributed by atoms with Gasteiger partial charge in [-0.25, -0.2) is 13.2 Å². The molecule has 0 amide bonds. The van der Waals surface area contributed by atoms with E-state index in [9.17, 15) is 13.2 Å². The summed E-state index contributed by atoms with van der Waals surface area (Å²) < 4.78 is 42.2. The van der Waals surface area contributed by atoms with Crippen molar-refractivity contribution in [1.29, 1.82) is 0 Å². The van der Waals surface area contributed by atoms with Crippen molar-refractivity contribution in [1.82, 2.24) is 0 Å². The van der Waals surface area contributed by atoms with Gasteiger partial charge in [-0.3, -0.25) is 0 Å². The molecule has 0 atom stereocenters. The van der Waals surface area contributed by atoms with Crippen LogP contribution in [-0.2, 0) is 0 Å². The Hall–Kier alpha value is -3.95. The van der Waals surface area contributed by atoms with Crippen LogP contribution in [0, 0.1) is 48.1 Å². The molecule has 30 heavy (non-hydrogen) atoms. The Morgan fingerprint density at radius 3 is 1.83 bits per heavy atom. The van der Waals surface area contributed by atoms with Crippen LogP contribution in [0.25, 0.3) is 10.8 Å². The molecular formula is C27H15F3. The number of hydrogen-bond acceptors (Lipinski definition) is 0. The summed E-state index contributed by atoms with van der Waals surface area (Å²) in [5.41, 5.74) is 2.38. The molecule has 0 unspecified atom stereocenters. The van der Waals surface area contributed by atoms with E-state index in [1.54, 1.807) is 24.3 Å². The van der Waals surface area contributed by atoms with E-state index >= 15 is 0 Å². The average Bonchev–Trinajstić information content (AvgIpc) is 2.73. The molecule has 0 radical (unpaired) electrons. The summed E-state index contributed by atoms with van der Waals surface area (Å²) >= 11 is 0. The largest absolute Gasteiger partial charge is 0.207 e. The van der Waals surface area contributed by atoms with Gasteiger partial charge in [0.15, 0.2) is 0 Å². The van der Waals surface area contributed by atoms with Gasteiger partial charge >= 0.3 is 0 Å². The van der Waals surface area contributed by atoms with Gasteiger partial charge in [0.25, 0.3) is 0 Å². The van der Waals surface area contributed by atoms with Gasteiger partial charge in [-0.05, 0) is 66.2 Å². The summed E-state index contributed by atoms with van der Waals surface area (Å²) in [7, 11) is 0. The van der Waals surface area contributed by atoms with E-state index in [0.717, 1.165) is 21.9 Å². The number of aryl methyl sites for hydroxylation is 1. The third-order valence-electron chi connectivity index (χ3n) is 4.58. The molecular weight excluding hydrogens is 381 g/mol. The molecule has 0 saturated carbocycles. The fraction of sp³-hybridized carbons (Fsp3) is 0.0370. The lowest BCUT2D eigenvalue weighted by molar-refractivity contribution is 0.577. The molecule has 0 aliphatic rings. The van der Waals surface area contributed by atoms with Crippen molar-refractivity contribution in [2.75, 3.05) is 0 Å². The highest BCUT2D eigenvalue weighted by atomic mass is 19.1. The molecule has 0 nitrogen and oxygen atoms in total. The molecule has 0 aliphatic carbocycles. The molecule has 0 aromatic heterocycles. The van der Waals surface area contributed by atoms with E-state index in [-0.39, 0.29) is 16.9 Å². The summed E-state index contributed by atoms with van der Waals surface area (Å²) in [6, 6.07) is 19.5. The molecule has 4 rings (SSSR count). The highest BCUT2D eigenvalue weighted by Crippen LogP contribution is 2.18. The number of halogens is 3. The lowest BCUT2D eigenvalue weighted by atomic mass is 10.1. The third kappa shape index (κ3) is 4.37. The molecule has 0 spiro atoms. The Bertz CT molecular complexity index is 1350. The van der Waals surface area contributed by atoms with Crippen LogP contribution in [0.5, 0.6) is 0 Å². The smallest absolute Gasteiger partial charge is 0.143 e. The maximum atomic E-state index is 14.4. The van der Waals surface area contributed by atoms with Crippen LogP contribution in [0.3, 0.4) is 0 Å². The van der Waals surface area contributed by atoms with Crippen molar-refractivity contribution < 1.29 is 13.2 Å². The molecule has 4 aromatic rings. The van der Waals surface area contributed by atoms with Crippen molar-refractivity contribution in [2.24, 2.45) is 0 Å². The van der Waals surface area contributed by atoms with Gasteiger partial charge in [0.05, 0.1) is 5.56 Å². The van der Waals surface area contributed by atoms with E-state index in [1.807, 2.05) is 31.2 Å². The van der Waals surface area contributed by atoms with Crippen LogP contribution < -0.4 is 0 Å². The van der Waals surface area contributed by atoms with Crippen molar-refractivity contribution in [3.05, 3.63) is 118 Å². The summed E-state index contributed by atoms with van der Waals surface area (Å²) in [4.78, 5) is 0. The van der Waals surface area contributed by atoms with E-state index in [1.165, 1.54) is 24.3 Å². The van der Waals surface area contributed by atoms with Crippen LogP contribution in [-0.4, -0.2) is 0 Å². The summed E-state index contributed by atoms with van der Waals surface area (Å²) in [6.45, 7) is 1.97. The van der Waals surface area contributed by atoms with Gasteiger partial charge in [0.2, 0.25) is 0 Å². The third-order valence-corrected chi connectivity index (χ3v) is 4.58. The van der Waals surface area contributed by atoms with Crippen LogP contribution >= 0.6 is 0 Å². The monoisotopic (exact) mass is 396 g/mol. The molecule has 0 bridgehead atoms. The SMILES string of the molecule is Cc1ccc(C#Cc2cc(F)c(C#Cc3ccc4cc(F)ccc4c3)c(F)c2)cc1. The Kier molecular flexibility index (Phi) is 5.29. The fourth-order valence-electron chi connectivity index (χ4n) is 2.97. The van der Waals surface area contributed by atoms with Crippen LogP contribution in [0.15, 0.2) is 72.8 Å². The highest BCUT2D eigenvalue weighted by Gasteiger charge is 2.08. The second kappa shape index (κ2) is 8.19. The Balaban J connectivity index is 1.62. The predicted octanol–water partition coefficient (Wildman–Crippen LogP) is 6.37. The first-order chi connectivity index (χ1) is 14.5. The van der Waals surface area contributed by atoms with Gasteiger partial charge in [-0.1, -0.05) is 53.5 Å². The summed E-state index contributed by atoms with van der Waals surface area (Å²) in [6.07, 6.45) is 0. The topological polar surface area (TPSA) is 0 Å². The zero-order chi connectivity index (χ0) is 21.1. The maximum absolute atomic E-state index is 14.4. The van der Waals surface area contributed by atoms with Crippen molar-refractivity contribution in [3.8, 4) is 23.7 Å². The minimum atomic E-state index is -0.765. The molecule has 4 aromatic carbocycles. The average molecular weight is 396 g/mol. The first kappa shape index (κ1) is 19.4. The Morgan fingerprint density at radius 1 is 0.533 bits per heavy atom. The van der Waals surface area contributed by atoms with Gasteiger partial charge in [-0.2, -0.15) is 0 Å². The van der Waals surface area contributed by atoms with E-state index in [0.29, 0.717) is 5.56 Å². The molecule has 3 heteroatoms. The van der Waals surface area contributed by atoms with Gasteiger partial charge in [0.1, 0.15) is 17.5 Å². The normalized spacial score (nSPS) is 10.1. The molecule has 144 valence electrons. The molecule has 0 N–H and O–H groups in total. The van der Waals surface area contributed by atoms with Crippen molar-refractivity contribution >= 4 is 10.8 Å². The zero-order valence-corrected chi connectivity index (χ0v) is 16.1. The summed E-state index contributed by atoms with van der Waals surface area (Å²) in [5, 5.41) is 1.53. The summed E-state index contributed by atoms with van der Waals surface area (Å²) in [5.74, 6) is 9.15. The maximum Gasteiger partial charge on any atom is 0.143 e. The highest BCUT2D eigenvalue weighted by molar-refractivity contribution is 5.84.